The number of nitrogens with zero attached hydrogens (tertiary/aromatic N) is 3. The maximum atomic E-state index is 10.9. The summed E-state index contributed by atoms with van der Waals surface area (Å²) in [4.78, 5) is 14.7. The Bertz CT molecular complexity index is 568. The lowest BCUT2D eigenvalue weighted by atomic mass is 10.2. The van der Waals surface area contributed by atoms with E-state index < -0.39 is 4.92 Å². The molecule has 1 aromatic heterocycles. The third kappa shape index (κ3) is 2.62. The summed E-state index contributed by atoms with van der Waals surface area (Å²) in [6.45, 7) is 3.98. The Morgan fingerprint density at radius 3 is 2.78 bits per heavy atom. The number of anilines is 1. The van der Waals surface area contributed by atoms with Gasteiger partial charge >= 0.3 is 0 Å². The molecule has 0 aliphatic heterocycles. The highest BCUT2D eigenvalue weighted by atomic mass is 32.1. The molecule has 0 aliphatic carbocycles. The van der Waals surface area contributed by atoms with E-state index in [1.807, 2.05) is 13.8 Å². The first-order valence-corrected chi connectivity index (χ1v) is 6.19. The summed E-state index contributed by atoms with van der Waals surface area (Å²) in [5, 5.41) is 14.7. The minimum Gasteiger partial charge on any atom is -0.358 e. The highest BCUT2D eigenvalue weighted by Gasteiger charge is 2.18. The van der Waals surface area contributed by atoms with E-state index in [4.69, 9.17) is 0 Å². The standard InChI is InChI=1S/C11H12N4O2S/c1-7(2)12-11-13-10(14-18-11)8-5-3-4-6-9(8)15(16)17/h3-7H,1-2H3,(H,12,13,14). The Morgan fingerprint density at radius 2 is 2.11 bits per heavy atom. The first kappa shape index (κ1) is 12.4. The van der Waals surface area contributed by atoms with Crippen LogP contribution in [-0.4, -0.2) is 20.3 Å². The van der Waals surface area contributed by atoms with Crippen LogP contribution in [-0.2, 0) is 0 Å². The van der Waals surface area contributed by atoms with E-state index in [0.29, 0.717) is 16.5 Å². The smallest absolute Gasteiger partial charge is 0.280 e. The second-order valence-electron chi connectivity index (χ2n) is 4.00. The predicted octanol–water partition coefficient (Wildman–Crippen LogP) is 2.93. The minimum atomic E-state index is -0.425. The average molecular weight is 264 g/mol. The summed E-state index contributed by atoms with van der Waals surface area (Å²) in [5.41, 5.74) is 0.460. The van der Waals surface area contributed by atoms with Crippen molar-refractivity contribution in [2.75, 3.05) is 5.32 Å². The zero-order chi connectivity index (χ0) is 13.1. The molecule has 0 unspecified atom stereocenters. The van der Waals surface area contributed by atoms with Gasteiger partial charge in [-0.2, -0.15) is 9.36 Å². The van der Waals surface area contributed by atoms with Crippen LogP contribution < -0.4 is 5.32 Å². The van der Waals surface area contributed by atoms with Gasteiger partial charge in [-0.05, 0) is 19.9 Å². The predicted molar refractivity (Wildman–Crippen MR) is 70.8 cm³/mol. The number of nitrogens with one attached hydrogen (secondary N) is 1. The molecule has 94 valence electrons. The molecule has 0 aliphatic rings. The molecule has 0 saturated carbocycles. The van der Waals surface area contributed by atoms with Crippen LogP contribution in [0.2, 0.25) is 0 Å². The van der Waals surface area contributed by atoms with Gasteiger partial charge in [-0.1, -0.05) is 12.1 Å². The maximum absolute atomic E-state index is 10.9. The van der Waals surface area contributed by atoms with Crippen molar-refractivity contribution in [2.45, 2.75) is 19.9 Å². The van der Waals surface area contributed by atoms with Gasteiger partial charge < -0.3 is 5.32 Å². The van der Waals surface area contributed by atoms with Crippen molar-refractivity contribution in [3.8, 4) is 11.4 Å². The first-order valence-electron chi connectivity index (χ1n) is 5.42. The average Bonchev–Trinajstić information content (AvgIpc) is 2.76. The summed E-state index contributed by atoms with van der Waals surface area (Å²) < 4.78 is 4.15. The van der Waals surface area contributed by atoms with Gasteiger partial charge in [-0.15, -0.1) is 0 Å². The van der Waals surface area contributed by atoms with Crippen LogP contribution in [0.3, 0.4) is 0 Å². The third-order valence-electron chi connectivity index (χ3n) is 2.18. The van der Waals surface area contributed by atoms with Crippen LogP contribution in [0, 0.1) is 10.1 Å². The Labute approximate surface area is 108 Å². The van der Waals surface area contributed by atoms with Crippen LogP contribution in [0.25, 0.3) is 11.4 Å². The Balaban J connectivity index is 2.37. The van der Waals surface area contributed by atoms with Gasteiger partial charge in [0.25, 0.3) is 5.69 Å². The van der Waals surface area contributed by atoms with E-state index in [2.05, 4.69) is 14.7 Å². The van der Waals surface area contributed by atoms with Gasteiger partial charge in [-0.3, -0.25) is 10.1 Å². The number of hydrogen-bond donors (Lipinski definition) is 1. The molecule has 2 rings (SSSR count). The van der Waals surface area contributed by atoms with Crippen molar-refractivity contribution in [2.24, 2.45) is 0 Å². The number of nitro groups is 1. The SMILES string of the molecule is CC(C)Nc1nc(-c2ccccc2[N+](=O)[O-])ns1. The van der Waals surface area contributed by atoms with Crippen molar-refractivity contribution in [1.29, 1.82) is 0 Å². The molecule has 0 spiro atoms. The monoisotopic (exact) mass is 264 g/mol. The van der Waals surface area contributed by atoms with Gasteiger partial charge in [0.15, 0.2) is 5.82 Å². The van der Waals surface area contributed by atoms with Crippen LogP contribution in [0.15, 0.2) is 24.3 Å². The summed E-state index contributed by atoms with van der Waals surface area (Å²) in [6, 6.07) is 6.71. The topological polar surface area (TPSA) is 81.0 Å². The number of benzene rings is 1. The van der Waals surface area contributed by atoms with E-state index in [0.717, 1.165) is 0 Å². The molecule has 6 nitrogen and oxygen atoms in total. The molecule has 0 atom stereocenters. The molecule has 0 saturated heterocycles. The van der Waals surface area contributed by atoms with Gasteiger partial charge in [0.05, 0.1) is 10.5 Å². The van der Waals surface area contributed by atoms with E-state index in [-0.39, 0.29) is 11.7 Å². The fourth-order valence-corrected chi connectivity index (χ4v) is 2.19. The Kier molecular flexibility index (Phi) is 3.52. The van der Waals surface area contributed by atoms with Crippen molar-refractivity contribution < 1.29 is 4.92 Å². The molecule has 7 heteroatoms. The molecule has 18 heavy (non-hydrogen) atoms. The largest absolute Gasteiger partial charge is 0.358 e. The van der Waals surface area contributed by atoms with Crippen molar-refractivity contribution in [3.63, 3.8) is 0 Å². The number of hydrogen-bond acceptors (Lipinski definition) is 6. The maximum Gasteiger partial charge on any atom is 0.280 e. The molecule has 0 amide bonds. The van der Waals surface area contributed by atoms with Crippen molar-refractivity contribution in [1.82, 2.24) is 9.36 Å². The summed E-state index contributed by atoms with van der Waals surface area (Å²) in [7, 11) is 0. The van der Waals surface area contributed by atoms with Crippen LogP contribution in [0.5, 0.6) is 0 Å². The molecule has 1 aromatic carbocycles. The Morgan fingerprint density at radius 1 is 1.39 bits per heavy atom. The fourth-order valence-electron chi connectivity index (χ4n) is 1.46. The van der Waals surface area contributed by atoms with E-state index in [1.54, 1.807) is 18.2 Å². The zero-order valence-electron chi connectivity index (χ0n) is 9.95. The van der Waals surface area contributed by atoms with Crippen LogP contribution >= 0.6 is 11.5 Å². The van der Waals surface area contributed by atoms with E-state index in [9.17, 15) is 10.1 Å². The molecular formula is C11H12N4O2S. The number of rotatable bonds is 4. The zero-order valence-corrected chi connectivity index (χ0v) is 10.8. The Hall–Kier alpha value is -2.02. The van der Waals surface area contributed by atoms with Crippen LogP contribution in [0.4, 0.5) is 10.8 Å². The summed E-state index contributed by atoms with van der Waals surface area (Å²) >= 11 is 1.20. The van der Waals surface area contributed by atoms with Crippen molar-refractivity contribution >= 4 is 22.4 Å². The molecular weight excluding hydrogens is 252 g/mol. The molecule has 0 radical (unpaired) electrons. The molecule has 0 fully saturated rings. The second-order valence-corrected chi connectivity index (χ2v) is 4.75. The summed E-state index contributed by atoms with van der Waals surface area (Å²) in [6.07, 6.45) is 0. The molecule has 1 heterocycles. The lowest BCUT2D eigenvalue weighted by Gasteiger charge is -2.03. The van der Waals surface area contributed by atoms with Gasteiger partial charge in [0, 0.05) is 23.6 Å². The van der Waals surface area contributed by atoms with Gasteiger partial charge in [-0.25, -0.2) is 0 Å². The van der Waals surface area contributed by atoms with Gasteiger partial charge in [0.1, 0.15) is 0 Å². The number of para-hydroxylation sites is 1. The molecule has 0 bridgehead atoms. The molecule has 2 aromatic rings. The number of nitro benzene ring substituents is 1. The molecule has 1 N–H and O–H groups in total. The minimum absolute atomic E-state index is 0.0198. The van der Waals surface area contributed by atoms with E-state index in [1.165, 1.54) is 17.6 Å². The van der Waals surface area contributed by atoms with Crippen molar-refractivity contribution in [3.05, 3.63) is 34.4 Å². The van der Waals surface area contributed by atoms with Crippen LogP contribution in [0.1, 0.15) is 13.8 Å². The number of aromatic nitrogens is 2. The summed E-state index contributed by atoms with van der Waals surface area (Å²) in [5.74, 6) is 0.385. The highest BCUT2D eigenvalue weighted by molar-refractivity contribution is 7.09. The third-order valence-corrected chi connectivity index (χ3v) is 2.83. The van der Waals surface area contributed by atoms with Gasteiger partial charge in [0.2, 0.25) is 5.13 Å². The quantitative estimate of drug-likeness (QED) is 0.678. The second kappa shape index (κ2) is 5.09. The highest BCUT2D eigenvalue weighted by Crippen LogP contribution is 2.29. The fraction of sp³-hybridized carbons (Fsp3) is 0.273. The lowest BCUT2D eigenvalue weighted by Crippen LogP contribution is -2.09. The normalized spacial score (nSPS) is 10.6. The van der Waals surface area contributed by atoms with E-state index >= 15 is 0 Å². The first-order chi connectivity index (χ1) is 8.58. The lowest BCUT2D eigenvalue weighted by molar-refractivity contribution is -0.384.